The molecule has 1 rings (SSSR count). The Kier molecular flexibility index (Phi) is 6.18. The molecule has 1 heterocycles. The normalized spacial score (nSPS) is 28.9. The van der Waals surface area contributed by atoms with Crippen molar-refractivity contribution in [1.82, 2.24) is 0 Å². The maximum absolute atomic E-state index is 10.6. The number of aliphatic imine (C=N–C) groups is 1. The molecule has 72 valence electrons. The van der Waals surface area contributed by atoms with E-state index < -0.39 is 0 Å². The van der Waals surface area contributed by atoms with E-state index in [9.17, 15) is 4.79 Å². The van der Waals surface area contributed by atoms with Crippen LogP contribution in [-0.4, -0.2) is 61.1 Å². The van der Waals surface area contributed by atoms with Crippen molar-refractivity contribution in [1.29, 1.82) is 0 Å². The van der Waals surface area contributed by atoms with Gasteiger partial charge in [-0.2, -0.15) is 0 Å². The molecule has 1 aliphatic heterocycles. The summed E-state index contributed by atoms with van der Waals surface area (Å²) in [6.45, 7) is 4.13. The molecular formula is C9H17CaNO2. The number of aliphatic hydroxyl groups is 1. The zero-order valence-corrected chi connectivity index (χ0v) is 7.53. The summed E-state index contributed by atoms with van der Waals surface area (Å²) in [4.78, 5) is 14.7. The Balaban J connectivity index is 0.00000144. The molecule has 1 aliphatic rings. The Hall–Kier alpha value is 0.400. The monoisotopic (exact) mass is 211 g/mol. The first-order valence-electron chi connectivity index (χ1n) is 4.40. The number of hydrogen-bond acceptors (Lipinski definition) is 2. The van der Waals surface area contributed by atoms with E-state index in [2.05, 4.69) is 18.8 Å². The molecule has 3 unspecified atom stereocenters. The topological polar surface area (TPSA) is 49.7 Å². The van der Waals surface area contributed by atoms with Gasteiger partial charge in [-0.3, -0.25) is 4.99 Å². The van der Waals surface area contributed by atoms with Crippen LogP contribution in [0.15, 0.2) is 4.99 Å². The van der Waals surface area contributed by atoms with Crippen LogP contribution < -0.4 is 0 Å². The molecule has 0 aromatic rings. The van der Waals surface area contributed by atoms with Gasteiger partial charge in [-0.05, 0) is 5.92 Å². The number of aldehydes is 1. The summed E-state index contributed by atoms with van der Waals surface area (Å²) in [5.74, 6) is 0.419. The molecule has 0 fully saturated rings. The van der Waals surface area contributed by atoms with Gasteiger partial charge in [-0.15, -0.1) is 0 Å². The Morgan fingerprint density at radius 2 is 2.38 bits per heavy atom. The second-order valence-corrected chi connectivity index (χ2v) is 3.43. The number of rotatable bonds is 3. The summed E-state index contributed by atoms with van der Waals surface area (Å²) in [5, 5.41) is 9.14. The number of carbonyl (C=O) groups is 1. The van der Waals surface area contributed by atoms with Crippen molar-refractivity contribution in [3.05, 3.63) is 0 Å². The van der Waals surface area contributed by atoms with Crippen molar-refractivity contribution >= 4 is 49.9 Å². The van der Waals surface area contributed by atoms with Gasteiger partial charge in [-0.1, -0.05) is 20.3 Å². The van der Waals surface area contributed by atoms with E-state index in [0.29, 0.717) is 12.3 Å². The van der Waals surface area contributed by atoms with Crippen molar-refractivity contribution in [3.8, 4) is 0 Å². The molecule has 3 nitrogen and oxygen atoms in total. The first kappa shape index (κ1) is 13.4. The van der Waals surface area contributed by atoms with Gasteiger partial charge in [0, 0.05) is 12.3 Å². The van der Waals surface area contributed by atoms with Crippen molar-refractivity contribution in [3.63, 3.8) is 0 Å². The van der Waals surface area contributed by atoms with Gasteiger partial charge in [0.25, 0.3) is 0 Å². The Morgan fingerprint density at radius 3 is 2.85 bits per heavy atom. The summed E-state index contributed by atoms with van der Waals surface area (Å²) in [6, 6.07) is 0.00694. The summed E-state index contributed by atoms with van der Waals surface area (Å²) < 4.78 is 0. The fraction of sp³-hybridized carbons (Fsp3) is 0.778. The molecule has 1 N–H and O–H groups in total. The van der Waals surface area contributed by atoms with Crippen LogP contribution in [0, 0.1) is 11.8 Å². The molecule has 13 heavy (non-hydrogen) atoms. The molecule has 0 aromatic carbocycles. The molecule has 3 atom stereocenters. The van der Waals surface area contributed by atoms with Crippen LogP contribution in [0.4, 0.5) is 0 Å². The first-order valence-corrected chi connectivity index (χ1v) is 4.40. The quantitative estimate of drug-likeness (QED) is 0.551. The maximum atomic E-state index is 10.6. The third kappa shape index (κ3) is 3.22. The van der Waals surface area contributed by atoms with Crippen LogP contribution in [0.1, 0.15) is 26.7 Å². The summed E-state index contributed by atoms with van der Waals surface area (Å²) in [7, 11) is 0. The van der Waals surface area contributed by atoms with E-state index in [1.165, 1.54) is 0 Å². The van der Waals surface area contributed by atoms with E-state index in [1.807, 2.05) is 0 Å². The first-order chi connectivity index (χ1) is 5.69. The third-order valence-corrected chi connectivity index (χ3v) is 2.56. The van der Waals surface area contributed by atoms with Crippen molar-refractivity contribution < 1.29 is 9.90 Å². The summed E-state index contributed by atoms with van der Waals surface area (Å²) in [6.07, 6.45) is 2.33. The van der Waals surface area contributed by atoms with E-state index in [-0.39, 0.29) is 55.6 Å². The van der Waals surface area contributed by atoms with Crippen LogP contribution in [0.3, 0.4) is 0 Å². The molecule has 0 aliphatic carbocycles. The van der Waals surface area contributed by atoms with Gasteiger partial charge in [0.1, 0.15) is 6.29 Å². The molecular weight excluding hydrogens is 194 g/mol. The van der Waals surface area contributed by atoms with Crippen molar-refractivity contribution in [2.24, 2.45) is 16.8 Å². The molecule has 0 saturated heterocycles. The second-order valence-electron chi connectivity index (χ2n) is 3.43. The number of hydrogen-bond donors (Lipinski definition) is 1. The summed E-state index contributed by atoms with van der Waals surface area (Å²) >= 11 is 0. The van der Waals surface area contributed by atoms with Crippen LogP contribution in [0.2, 0.25) is 0 Å². The fourth-order valence-corrected chi connectivity index (χ4v) is 1.57. The minimum absolute atomic E-state index is 0. The Bertz CT molecular complexity index is 206. The molecule has 0 bridgehead atoms. The predicted molar refractivity (Wildman–Crippen MR) is 56.0 cm³/mol. The molecule has 0 radical (unpaired) electrons. The number of nitrogens with zero attached hydrogens (tertiary/aromatic N) is 1. The van der Waals surface area contributed by atoms with Crippen molar-refractivity contribution in [2.75, 3.05) is 0 Å². The number of carbonyl (C=O) groups excluding carboxylic acids is 1. The SMILES string of the molecule is CCC(C)C1N=C(O)CC1C=O.[CaH2]. The molecule has 0 spiro atoms. The van der Waals surface area contributed by atoms with Gasteiger partial charge in [0.2, 0.25) is 0 Å². The van der Waals surface area contributed by atoms with E-state index in [4.69, 9.17) is 5.11 Å². The van der Waals surface area contributed by atoms with Crippen LogP contribution in [0.25, 0.3) is 0 Å². The average molecular weight is 211 g/mol. The van der Waals surface area contributed by atoms with Crippen LogP contribution in [0.5, 0.6) is 0 Å². The minimum atomic E-state index is -0.0973. The number of aliphatic hydroxyl groups excluding tert-OH is 1. The Labute approximate surface area is 109 Å². The zero-order valence-electron chi connectivity index (χ0n) is 7.53. The van der Waals surface area contributed by atoms with E-state index in [0.717, 1.165) is 12.7 Å². The standard InChI is InChI=1S/C9H15NO2.Ca.2H/c1-3-6(2)9-7(5-11)4-8(12)10-9;;;/h5-7,9H,3-4H2,1-2H3,(H,10,12);;;. The summed E-state index contributed by atoms with van der Waals surface area (Å²) in [5.41, 5.74) is 0. The van der Waals surface area contributed by atoms with E-state index >= 15 is 0 Å². The van der Waals surface area contributed by atoms with Gasteiger partial charge in [0.05, 0.1) is 6.04 Å². The Morgan fingerprint density at radius 1 is 1.77 bits per heavy atom. The van der Waals surface area contributed by atoms with Crippen molar-refractivity contribution in [2.45, 2.75) is 32.7 Å². The molecule has 0 aromatic heterocycles. The third-order valence-electron chi connectivity index (χ3n) is 2.56. The van der Waals surface area contributed by atoms with Crippen LogP contribution >= 0.6 is 0 Å². The average Bonchev–Trinajstić information content (AvgIpc) is 2.45. The second kappa shape index (κ2) is 5.99. The predicted octanol–water partition coefficient (Wildman–Crippen LogP) is 0.660. The van der Waals surface area contributed by atoms with Gasteiger partial charge in [0.15, 0.2) is 5.90 Å². The molecule has 4 heteroatoms. The van der Waals surface area contributed by atoms with Crippen LogP contribution in [-0.2, 0) is 4.79 Å². The van der Waals surface area contributed by atoms with Gasteiger partial charge < -0.3 is 9.90 Å². The van der Waals surface area contributed by atoms with Gasteiger partial charge in [-0.25, -0.2) is 0 Å². The fourth-order valence-electron chi connectivity index (χ4n) is 1.57. The zero-order chi connectivity index (χ0) is 9.14. The van der Waals surface area contributed by atoms with Gasteiger partial charge >= 0.3 is 37.7 Å². The molecule has 0 saturated carbocycles. The molecule has 0 amide bonds. The van der Waals surface area contributed by atoms with E-state index in [1.54, 1.807) is 0 Å².